The quantitative estimate of drug-likeness (QED) is 0.651. The van der Waals surface area contributed by atoms with Crippen LogP contribution < -0.4 is 5.32 Å². The van der Waals surface area contributed by atoms with E-state index >= 15 is 0 Å². The summed E-state index contributed by atoms with van der Waals surface area (Å²) in [4.78, 5) is 14.4. The van der Waals surface area contributed by atoms with Crippen molar-refractivity contribution in [1.82, 2.24) is 4.98 Å². The van der Waals surface area contributed by atoms with E-state index in [9.17, 15) is 15.2 Å². The van der Waals surface area contributed by atoms with Gasteiger partial charge >= 0.3 is 5.69 Å². The van der Waals surface area contributed by atoms with Gasteiger partial charge in [0.2, 0.25) is 5.82 Å². The van der Waals surface area contributed by atoms with Crippen molar-refractivity contribution in [3.05, 3.63) is 27.4 Å². The summed E-state index contributed by atoms with van der Waals surface area (Å²) in [5.41, 5.74) is -0.117. The van der Waals surface area contributed by atoms with Crippen LogP contribution in [0.15, 0.2) is 12.3 Å². The Kier molecular flexibility index (Phi) is 3.98. The van der Waals surface area contributed by atoms with E-state index in [0.29, 0.717) is 12.8 Å². The predicted octanol–water partition coefficient (Wildman–Crippen LogP) is 2.36. The molecule has 6 nitrogen and oxygen atoms in total. The van der Waals surface area contributed by atoms with Gasteiger partial charge in [0.15, 0.2) is 0 Å². The lowest BCUT2D eigenvalue weighted by Gasteiger charge is -2.26. The van der Waals surface area contributed by atoms with Gasteiger partial charge < -0.3 is 10.4 Å². The number of pyridine rings is 1. The van der Waals surface area contributed by atoms with E-state index in [4.69, 9.17) is 11.6 Å². The Balaban J connectivity index is 2.11. The molecule has 98 valence electrons. The molecule has 1 aromatic rings. The second-order valence-electron chi connectivity index (χ2n) is 4.43. The number of aromatic nitrogens is 1. The highest BCUT2D eigenvalue weighted by Crippen LogP contribution is 2.28. The Morgan fingerprint density at radius 1 is 1.44 bits per heavy atom. The summed E-state index contributed by atoms with van der Waals surface area (Å²) in [6.07, 6.45) is 4.11. The van der Waals surface area contributed by atoms with Gasteiger partial charge in [-0.3, -0.25) is 10.1 Å². The number of nitrogens with zero attached hydrogens (tertiary/aromatic N) is 2. The van der Waals surface area contributed by atoms with E-state index in [2.05, 4.69) is 10.3 Å². The number of halogens is 1. The van der Waals surface area contributed by atoms with Gasteiger partial charge in [-0.1, -0.05) is 11.6 Å². The third-order valence-corrected chi connectivity index (χ3v) is 3.28. The fourth-order valence-corrected chi connectivity index (χ4v) is 2.24. The van der Waals surface area contributed by atoms with E-state index in [1.165, 1.54) is 12.3 Å². The number of rotatable bonds is 3. The van der Waals surface area contributed by atoms with Crippen LogP contribution in [0.4, 0.5) is 11.5 Å². The third-order valence-electron chi connectivity index (χ3n) is 3.07. The molecule has 7 heteroatoms. The van der Waals surface area contributed by atoms with E-state index in [0.717, 1.165) is 12.8 Å². The van der Waals surface area contributed by atoms with Crippen LogP contribution in [0, 0.1) is 10.1 Å². The Morgan fingerprint density at radius 3 is 2.72 bits per heavy atom. The largest absolute Gasteiger partial charge is 0.393 e. The molecule has 0 bridgehead atoms. The molecule has 1 saturated carbocycles. The SMILES string of the molecule is O=[N+]([O-])c1cc(Cl)cnc1NC1CCC(O)CC1. The molecular weight excluding hydrogens is 258 g/mol. The lowest BCUT2D eigenvalue weighted by atomic mass is 9.93. The van der Waals surface area contributed by atoms with Crippen molar-refractivity contribution in [1.29, 1.82) is 0 Å². The lowest BCUT2D eigenvalue weighted by Crippen LogP contribution is -2.28. The Labute approximate surface area is 109 Å². The summed E-state index contributed by atoms with van der Waals surface area (Å²) < 4.78 is 0. The van der Waals surface area contributed by atoms with Gasteiger partial charge in [0.1, 0.15) is 0 Å². The van der Waals surface area contributed by atoms with Crippen molar-refractivity contribution >= 4 is 23.1 Å². The molecule has 0 saturated heterocycles. The molecule has 0 radical (unpaired) electrons. The first-order valence-corrected chi connectivity index (χ1v) is 6.18. The average Bonchev–Trinajstić information content (AvgIpc) is 2.34. The number of aliphatic hydroxyl groups is 1. The number of anilines is 1. The van der Waals surface area contributed by atoms with Crippen molar-refractivity contribution in [2.75, 3.05) is 5.32 Å². The summed E-state index contributed by atoms with van der Waals surface area (Å²) >= 11 is 5.69. The monoisotopic (exact) mass is 271 g/mol. The second-order valence-corrected chi connectivity index (χ2v) is 4.86. The van der Waals surface area contributed by atoms with E-state index in [-0.39, 0.29) is 28.7 Å². The topological polar surface area (TPSA) is 88.3 Å². The molecule has 0 spiro atoms. The Hall–Kier alpha value is -1.40. The van der Waals surface area contributed by atoms with Gasteiger partial charge in [0.05, 0.1) is 16.0 Å². The van der Waals surface area contributed by atoms with Crippen LogP contribution >= 0.6 is 11.6 Å². The highest BCUT2D eigenvalue weighted by atomic mass is 35.5. The Morgan fingerprint density at radius 2 is 2.11 bits per heavy atom. The highest BCUT2D eigenvalue weighted by molar-refractivity contribution is 6.30. The molecular formula is C11H14ClN3O3. The molecule has 1 heterocycles. The fraction of sp³-hybridized carbons (Fsp3) is 0.545. The average molecular weight is 272 g/mol. The van der Waals surface area contributed by atoms with Gasteiger partial charge in [0.25, 0.3) is 0 Å². The zero-order valence-electron chi connectivity index (χ0n) is 9.67. The predicted molar refractivity (Wildman–Crippen MR) is 67.8 cm³/mol. The summed E-state index contributed by atoms with van der Waals surface area (Å²) in [6, 6.07) is 1.40. The van der Waals surface area contributed by atoms with Gasteiger partial charge in [-0.25, -0.2) is 4.98 Å². The summed E-state index contributed by atoms with van der Waals surface area (Å²) in [5.74, 6) is 0.241. The number of nitro groups is 1. The zero-order chi connectivity index (χ0) is 13.1. The van der Waals surface area contributed by atoms with Crippen LogP contribution in [-0.2, 0) is 0 Å². The molecule has 2 N–H and O–H groups in total. The van der Waals surface area contributed by atoms with Gasteiger partial charge in [-0.15, -0.1) is 0 Å². The first-order valence-electron chi connectivity index (χ1n) is 5.81. The van der Waals surface area contributed by atoms with Crippen molar-refractivity contribution in [3.63, 3.8) is 0 Å². The summed E-state index contributed by atoms with van der Waals surface area (Å²) in [5, 5.41) is 23.6. The molecule has 1 aliphatic rings. The summed E-state index contributed by atoms with van der Waals surface area (Å²) in [7, 11) is 0. The van der Waals surface area contributed by atoms with Crippen molar-refractivity contribution < 1.29 is 10.0 Å². The standard InChI is InChI=1S/C11H14ClN3O3/c12-7-5-10(15(17)18)11(13-6-7)14-8-1-3-9(16)4-2-8/h5-6,8-9,16H,1-4H2,(H,13,14). The fourth-order valence-electron chi connectivity index (χ4n) is 2.09. The van der Waals surface area contributed by atoms with E-state index in [1.807, 2.05) is 0 Å². The number of hydrogen-bond donors (Lipinski definition) is 2. The normalized spacial score (nSPS) is 23.7. The van der Waals surface area contributed by atoms with Crippen molar-refractivity contribution in [2.45, 2.75) is 37.8 Å². The van der Waals surface area contributed by atoms with Crippen molar-refractivity contribution in [2.24, 2.45) is 0 Å². The molecule has 1 aliphatic carbocycles. The van der Waals surface area contributed by atoms with E-state index in [1.54, 1.807) is 0 Å². The molecule has 0 aliphatic heterocycles. The molecule has 18 heavy (non-hydrogen) atoms. The molecule has 1 fully saturated rings. The van der Waals surface area contributed by atoms with Crippen LogP contribution in [0.5, 0.6) is 0 Å². The van der Waals surface area contributed by atoms with Crippen molar-refractivity contribution in [3.8, 4) is 0 Å². The maximum Gasteiger partial charge on any atom is 0.312 e. The smallest absolute Gasteiger partial charge is 0.312 e. The van der Waals surface area contributed by atoms with Crippen LogP contribution in [0.1, 0.15) is 25.7 Å². The van der Waals surface area contributed by atoms with Crippen LogP contribution in [0.25, 0.3) is 0 Å². The zero-order valence-corrected chi connectivity index (χ0v) is 10.4. The van der Waals surface area contributed by atoms with Crippen LogP contribution in [0.2, 0.25) is 5.02 Å². The van der Waals surface area contributed by atoms with Gasteiger partial charge in [-0.05, 0) is 25.7 Å². The molecule has 2 rings (SSSR count). The number of nitrogens with one attached hydrogen (secondary N) is 1. The minimum Gasteiger partial charge on any atom is -0.393 e. The van der Waals surface area contributed by atoms with Gasteiger partial charge in [0, 0.05) is 18.3 Å². The number of aliphatic hydroxyl groups excluding tert-OH is 1. The molecule has 0 unspecified atom stereocenters. The molecule has 0 aromatic carbocycles. The molecule has 0 atom stereocenters. The minimum atomic E-state index is -0.501. The minimum absolute atomic E-state index is 0.112. The maximum absolute atomic E-state index is 10.9. The first kappa shape index (κ1) is 13.0. The summed E-state index contributed by atoms with van der Waals surface area (Å²) in [6.45, 7) is 0. The van der Waals surface area contributed by atoms with E-state index < -0.39 is 4.92 Å². The number of hydrogen-bond acceptors (Lipinski definition) is 5. The first-order chi connectivity index (χ1) is 8.56. The lowest BCUT2D eigenvalue weighted by molar-refractivity contribution is -0.384. The molecule has 1 aromatic heterocycles. The van der Waals surface area contributed by atoms with Crippen LogP contribution in [0.3, 0.4) is 0 Å². The second kappa shape index (κ2) is 5.49. The van der Waals surface area contributed by atoms with Gasteiger partial charge in [-0.2, -0.15) is 0 Å². The maximum atomic E-state index is 10.9. The molecule has 0 amide bonds. The third kappa shape index (κ3) is 3.08. The van der Waals surface area contributed by atoms with Crippen LogP contribution in [-0.4, -0.2) is 27.2 Å². The Bertz CT molecular complexity index is 447. The highest BCUT2D eigenvalue weighted by Gasteiger charge is 2.23.